The fraction of sp³-hybridized carbons (Fsp3) is 0.105. The molecule has 0 unspecified atom stereocenters. The van der Waals surface area contributed by atoms with Gasteiger partial charge in [0.2, 0.25) is 0 Å². The lowest BCUT2D eigenvalue weighted by Crippen LogP contribution is -2.11. The van der Waals surface area contributed by atoms with E-state index in [-0.39, 0.29) is 11.6 Å². The second-order valence-corrected chi connectivity index (χ2v) is 7.90. The van der Waals surface area contributed by atoms with Gasteiger partial charge in [0.15, 0.2) is 0 Å². The molecular formula is C19H13F2NOS2. The summed E-state index contributed by atoms with van der Waals surface area (Å²) >= 11 is 3.15. The molecule has 1 aromatic heterocycles. The zero-order chi connectivity index (χ0) is 17.6. The molecule has 1 N–H and O–H groups in total. The van der Waals surface area contributed by atoms with Crippen molar-refractivity contribution in [2.75, 3.05) is 5.32 Å². The van der Waals surface area contributed by atoms with Gasteiger partial charge in [-0.2, -0.15) is 0 Å². The van der Waals surface area contributed by atoms with E-state index in [9.17, 15) is 13.6 Å². The predicted molar refractivity (Wildman–Crippen MR) is 98.4 cm³/mol. The minimum atomic E-state index is -0.786. The van der Waals surface area contributed by atoms with E-state index >= 15 is 0 Å². The molecule has 0 atom stereocenters. The minimum absolute atomic E-state index is 0.0246. The van der Waals surface area contributed by atoms with E-state index in [2.05, 4.69) is 23.5 Å². The molecule has 1 aliphatic heterocycles. The summed E-state index contributed by atoms with van der Waals surface area (Å²) in [6.45, 7) is 2.04. The molecule has 2 nitrogen and oxygen atoms in total. The lowest BCUT2D eigenvalue weighted by Gasteiger charge is -2.15. The van der Waals surface area contributed by atoms with Crippen LogP contribution >= 0.6 is 23.1 Å². The highest BCUT2D eigenvalue weighted by atomic mass is 32.2. The third-order valence-electron chi connectivity index (χ3n) is 3.97. The number of thiophene rings is 1. The first-order chi connectivity index (χ1) is 12.0. The summed E-state index contributed by atoms with van der Waals surface area (Å²) in [7, 11) is 0. The molecule has 0 fully saturated rings. The highest BCUT2D eigenvalue weighted by Gasteiger charge is 2.22. The molecule has 0 bridgehead atoms. The first kappa shape index (κ1) is 16.3. The van der Waals surface area contributed by atoms with Crippen LogP contribution in [0, 0.1) is 18.6 Å². The monoisotopic (exact) mass is 373 g/mol. The van der Waals surface area contributed by atoms with Crippen LogP contribution in [0.4, 0.5) is 14.5 Å². The van der Waals surface area contributed by atoms with E-state index in [0.29, 0.717) is 4.88 Å². The highest BCUT2D eigenvalue weighted by Crippen LogP contribution is 2.46. The highest BCUT2D eigenvalue weighted by molar-refractivity contribution is 7.98. The maximum atomic E-state index is 13.7. The van der Waals surface area contributed by atoms with Crippen LogP contribution in [0.5, 0.6) is 0 Å². The van der Waals surface area contributed by atoms with Crippen LogP contribution in [0.15, 0.2) is 47.4 Å². The summed E-state index contributed by atoms with van der Waals surface area (Å²) in [5, 5.41) is 2.52. The number of fused-ring (bicyclic) bond motifs is 3. The Kier molecular flexibility index (Phi) is 4.09. The van der Waals surface area contributed by atoms with Crippen LogP contribution in [0.2, 0.25) is 0 Å². The number of amides is 1. The number of anilines is 1. The average molecular weight is 373 g/mol. The van der Waals surface area contributed by atoms with E-state index in [4.69, 9.17) is 0 Å². The summed E-state index contributed by atoms with van der Waals surface area (Å²) in [6.07, 6.45) is 0. The standard InChI is InChI=1S/C19H13F2NOS2/c1-10-2-5-16-13(6-10)18-11(9-24-16)7-17(25-18)19(23)22-15-4-3-12(20)8-14(15)21/h2-8H,9H2,1H3,(H,22,23). The fourth-order valence-electron chi connectivity index (χ4n) is 2.75. The van der Waals surface area contributed by atoms with E-state index in [1.54, 1.807) is 11.8 Å². The van der Waals surface area contributed by atoms with Gasteiger partial charge in [-0.25, -0.2) is 8.78 Å². The van der Waals surface area contributed by atoms with Crippen molar-refractivity contribution in [3.8, 4) is 10.4 Å². The Morgan fingerprint density at radius 1 is 1.12 bits per heavy atom. The maximum Gasteiger partial charge on any atom is 0.265 e. The van der Waals surface area contributed by atoms with Crippen molar-refractivity contribution in [3.63, 3.8) is 0 Å². The van der Waals surface area contributed by atoms with Crippen LogP contribution in [-0.2, 0) is 5.75 Å². The van der Waals surface area contributed by atoms with Crippen LogP contribution < -0.4 is 5.32 Å². The smallest absolute Gasteiger partial charge is 0.265 e. The number of aryl methyl sites for hydroxylation is 1. The Morgan fingerprint density at radius 2 is 1.96 bits per heavy atom. The number of halogens is 2. The van der Waals surface area contributed by atoms with Gasteiger partial charge in [0, 0.05) is 27.2 Å². The summed E-state index contributed by atoms with van der Waals surface area (Å²) in [4.78, 5) is 15.3. The second kappa shape index (κ2) is 6.28. The van der Waals surface area contributed by atoms with Crippen LogP contribution in [-0.4, -0.2) is 5.91 Å². The molecule has 0 aliphatic carbocycles. The first-order valence-corrected chi connectivity index (χ1v) is 9.44. The van der Waals surface area contributed by atoms with Crippen molar-refractivity contribution in [2.45, 2.75) is 17.6 Å². The lowest BCUT2D eigenvalue weighted by atomic mass is 10.1. The number of hydrogen-bond acceptors (Lipinski definition) is 3. The molecule has 3 aromatic rings. The third kappa shape index (κ3) is 3.07. The molecule has 0 saturated carbocycles. The van der Waals surface area contributed by atoms with Gasteiger partial charge in [-0.05, 0) is 42.8 Å². The number of hydrogen-bond donors (Lipinski definition) is 1. The molecule has 25 heavy (non-hydrogen) atoms. The minimum Gasteiger partial charge on any atom is -0.319 e. The number of carbonyl (C=O) groups is 1. The molecule has 2 heterocycles. The van der Waals surface area contributed by atoms with E-state index in [0.717, 1.165) is 33.9 Å². The molecule has 0 saturated heterocycles. The van der Waals surface area contributed by atoms with Gasteiger partial charge in [0.25, 0.3) is 5.91 Å². The normalized spacial score (nSPS) is 12.4. The molecule has 0 spiro atoms. The topological polar surface area (TPSA) is 29.1 Å². The fourth-order valence-corrected chi connectivity index (χ4v) is 5.03. The first-order valence-electron chi connectivity index (χ1n) is 7.64. The molecule has 1 aliphatic rings. The number of nitrogens with one attached hydrogen (secondary N) is 1. The van der Waals surface area contributed by atoms with E-state index < -0.39 is 11.6 Å². The molecular weight excluding hydrogens is 360 g/mol. The largest absolute Gasteiger partial charge is 0.319 e. The van der Waals surface area contributed by atoms with Gasteiger partial charge in [-0.1, -0.05) is 11.6 Å². The van der Waals surface area contributed by atoms with E-state index in [1.807, 2.05) is 13.0 Å². The van der Waals surface area contributed by atoms with Crippen molar-refractivity contribution >= 4 is 34.7 Å². The van der Waals surface area contributed by atoms with Crippen molar-refractivity contribution in [1.82, 2.24) is 0 Å². The summed E-state index contributed by atoms with van der Waals surface area (Å²) in [5.41, 5.74) is 3.39. The number of thioether (sulfide) groups is 1. The molecule has 1 amide bonds. The lowest BCUT2D eigenvalue weighted by molar-refractivity contribution is 0.103. The SMILES string of the molecule is Cc1ccc2c(c1)-c1sc(C(=O)Nc3ccc(F)cc3F)cc1CS2. The van der Waals surface area contributed by atoms with E-state index in [1.165, 1.54) is 27.9 Å². The van der Waals surface area contributed by atoms with Gasteiger partial charge in [0.1, 0.15) is 11.6 Å². The van der Waals surface area contributed by atoms with Gasteiger partial charge >= 0.3 is 0 Å². The third-order valence-corrected chi connectivity index (χ3v) is 6.31. The number of carbonyl (C=O) groups excluding carboxylic acids is 1. The van der Waals surface area contributed by atoms with Gasteiger partial charge < -0.3 is 5.32 Å². The Morgan fingerprint density at radius 3 is 2.76 bits per heavy atom. The van der Waals surface area contributed by atoms with Gasteiger partial charge in [-0.15, -0.1) is 23.1 Å². The zero-order valence-corrected chi connectivity index (χ0v) is 14.9. The molecule has 4 rings (SSSR count). The van der Waals surface area contributed by atoms with Crippen LogP contribution in [0.25, 0.3) is 10.4 Å². The van der Waals surface area contributed by atoms with Crippen LogP contribution in [0.3, 0.4) is 0 Å². The zero-order valence-electron chi connectivity index (χ0n) is 13.2. The number of benzene rings is 2. The Hall–Kier alpha value is -2.18. The number of rotatable bonds is 2. The summed E-state index contributed by atoms with van der Waals surface area (Å²) < 4.78 is 26.7. The Labute approximate surface area is 151 Å². The summed E-state index contributed by atoms with van der Waals surface area (Å²) in [6, 6.07) is 11.3. The van der Waals surface area contributed by atoms with Crippen molar-refractivity contribution in [1.29, 1.82) is 0 Å². The molecule has 0 radical (unpaired) electrons. The van der Waals surface area contributed by atoms with Crippen molar-refractivity contribution in [3.05, 3.63) is 70.1 Å². The van der Waals surface area contributed by atoms with Gasteiger partial charge in [-0.3, -0.25) is 4.79 Å². The average Bonchev–Trinajstić information content (AvgIpc) is 3.02. The van der Waals surface area contributed by atoms with Gasteiger partial charge in [0.05, 0.1) is 10.6 Å². The molecule has 6 heteroatoms. The van der Waals surface area contributed by atoms with Crippen molar-refractivity contribution in [2.24, 2.45) is 0 Å². The maximum absolute atomic E-state index is 13.7. The van der Waals surface area contributed by atoms with Crippen molar-refractivity contribution < 1.29 is 13.6 Å². The molecule has 126 valence electrons. The second-order valence-electron chi connectivity index (χ2n) is 5.83. The van der Waals surface area contributed by atoms with Crippen LogP contribution in [0.1, 0.15) is 20.8 Å². The molecule has 2 aromatic carbocycles. The quantitative estimate of drug-likeness (QED) is 0.610. The predicted octanol–water partition coefficient (Wildman–Crippen LogP) is 5.86. The summed E-state index contributed by atoms with van der Waals surface area (Å²) in [5.74, 6) is -1.04. The Bertz CT molecular complexity index is 997. The Balaban J connectivity index is 1.66.